The number of aryl methyl sites for hydroxylation is 1. The van der Waals surface area contributed by atoms with Gasteiger partial charge in [-0.2, -0.15) is 0 Å². The normalized spacial score (nSPS) is 10.4. The molecule has 82 valence electrons. The molecular weight excluding hydrogens is 205 g/mol. The lowest BCUT2D eigenvalue weighted by atomic mass is 10.0. The van der Waals surface area contributed by atoms with E-state index in [1.54, 1.807) is 43.6 Å². The molecule has 2 rings (SSSR count). The molecule has 0 aliphatic rings. The molecule has 0 spiro atoms. The van der Waals surface area contributed by atoms with Gasteiger partial charge in [0.25, 0.3) is 0 Å². The average molecular weight is 217 g/mol. The van der Waals surface area contributed by atoms with E-state index in [1.165, 1.54) is 0 Å². The van der Waals surface area contributed by atoms with Crippen LogP contribution in [-0.2, 0) is 6.61 Å². The minimum Gasteiger partial charge on any atom is -0.392 e. The highest BCUT2D eigenvalue weighted by Crippen LogP contribution is 2.24. The third-order valence-electron chi connectivity index (χ3n) is 2.48. The Kier molecular flexibility index (Phi) is 2.97. The largest absolute Gasteiger partial charge is 0.392 e. The van der Waals surface area contributed by atoms with Crippen molar-refractivity contribution in [3.63, 3.8) is 0 Å². The lowest BCUT2D eigenvalue weighted by Gasteiger charge is -2.06. The Bertz CT molecular complexity index is 511. The van der Waals surface area contributed by atoms with Gasteiger partial charge in [-0.3, -0.25) is 4.98 Å². The molecule has 0 fully saturated rings. The van der Waals surface area contributed by atoms with Crippen LogP contribution in [0.2, 0.25) is 0 Å². The van der Waals surface area contributed by atoms with Gasteiger partial charge in [0.2, 0.25) is 0 Å². The fourth-order valence-corrected chi connectivity index (χ4v) is 1.59. The summed E-state index contributed by atoms with van der Waals surface area (Å²) in [5.74, 6) is -0.237. The van der Waals surface area contributed by atoms with Gasteiger partial charge in [0.05, 0.1) is 6.61 Å². The van der Waals surface area contributed by atoms with Crippen LogP contribution in [0.15, 0.2) is 36.7 Å². The van der Waals surface area contributed by atoms with E-state index in [0.29, 0.717) is 22.3 Å². The Labute approximate surface area is 93.4 Å². The van der Waals surface area contributed by atoms with Crippen molar-refractivity contribution in [2.75, 3.05) is 0 Å². The summed E-state index contributed by atoms with van der Waals surface area (Å²) in [5.41, 5.74) is 2.49. The molecule has 0 saturated heterocycles. The smallest absolute Gasteiger partial charge is 0.133 e. The van der Waals surface area contributed by atoms with E-state index in [0.717, 1.165) is 0 Å². The van der Waals surface area contributed by atoms with Crippen LogP contribution < -0.4 is 0 Å². The zero-order valence-electron chi connectivity index (χ0n) is 8.94. The number of aromatic nitrogens is 1. The first-order chi connectivity index (χ1) is 7.72. The molecule has 0 saturated carbocycles. The van der Waals surface area contributed by atoms with E-state index in [2.05, 4.69) is 4.98 Å². The highest BCUT2D eigenvalue weighted by Gasteiger charge is 2.07. The summed E-state index contributed by atoms with van der Waals surface area (Å²) in [7, 11) is 0. The van der Waals surface area contributed by atoms with Crippen molar-refractivity contribution in [2.45, 2.75) is 13.5 Å². The lowest BCUT2D eigenvalue weighted by Crippen LogP contribution is -1.91. The molecule has 0 aliphatic heterocycles. The Morgan fingerprint density at radius 3 is 2.88 bits per heavy atom. The minimum atomic E-state index is -0.237. The van der Waals surface area contributed by atoms with Crippen LogP contribution in [0.25, 0.3) is 11.1 Å². The molecule has 1 aromatic heterocycles. The number of pyridine rings is 1. The zero-order valence-corrected chi connectivity index (χ0v) is 8.94. The Balaban J connectivity index is 2.54. The van der Waals surface area contributed by atoms with Crippen LogP contribution in [0.3, 0.4) is 0 Å². The summed E-state index contributed by atoms with van der Waals surface area (Å²) in [4.78, 5) is 3.98. The molecule has 0 radical (unpaired) electrons. The fourth-order valence-electron chi connectivity index (χ4n) is 1.59. The predicted molar refractivity (Wildman–Crippen MR) is 60.3 cm³/mol. The Morgan fingerprint density at radius 1 is 1.31 bits per heavy atom. The average Bonchev–Trinajstić information content (AvgIpc) is 2.33. The van der Waals surface area contributed by atoms with Crippen LogP contribution >= 0.6 is 0 Å². The first kappa shape index (κ1) is 10.8. The van der Waals surface area contributed by atoms with Gasteiger partial charge >= 0.3 is 0 Å². The maximum atomic E-state index is 13.8. The molecule has 3 heteroatoms. The van der Waals surface area contributed by atoms with Crippen LogP contribution in [-0.4, -0.2) is 10.1 Å². The second kappa shape index (κ2) is 4.41. The minimum absolute atomic E-state index is 0.0890. The SMILES string of the molecule is Cc1cccc(-c2cncc(CO)c2)c1F. The third kappa shape index (κ3) is 1.95. The standard InChI is InChI=1S/C13H12FNO/c1-9-3-2-4-12(13(9)14)11-5-10(8-16)6-15-7-11/h2-7,16H,8H2,1H3. The van der Waals surface area contributed by atoms with Crippen LogP contribution in [0.5, 0.6) is 0 Å². The van der Waals surface area contributed by atoms with Crippen molar-refractivity contribution in [1.29, 1.82) is 0 Å². The molecule has 2 nitrogen and oxygen atoms in total. The molecule has 2 aromatic rings. The van der Waals surface area contributed by atoms with E-state index in [1.807, 2.05) is 0 Å². The molecule has 1 N–H and O–H groups in total. The van der Waals surface area contributed by atoms with Gasteiger partial charge in [0.15, 0.2) is 0 Å². The van der Waals surface area contributed by atoms with Crippen LogP contribution in [0.4, 0.5) is 4.39 Å². The molecule has 1 heterocycles. The van der Waals surface area contributed by atoms with Crippen molar-refractivity contribution < 1.29 is 9.50 Å². The van der Waals surface area contributed by atoms with Gasteiger partial charge in [-0.05, 0) is 24.1 Å². The summed E-state index contributed by atoms with van der Waals surface area (Å²) in [6.45, 7) is 1.64. The summed E-state index contributed by atoms with van der Waals surface area (Å²) in [5, 5.41) is 9.00. The highest BCUT2D eigenvalue weighted by atomic mass is 19.1. The third-order valence-corrected chi connectivity index (χ3v) is 2.48. The number of benzene rings is 1. The molecule has 0 amide bonds. The predicted octanol–water partition coefficient (Wildman–Crippen LogP) is 2.69. The van der Waals surface area contributed by atoms with Crippen LogP contribution in [0, 0.1) is 12.7 Å². The van der Waals surface area contributed by atoms with Gasteiger partial charge in [0.1, 0.15) is 5.82 Å². The first-order valence-electron chi connectivity index (χ1n) is 5.02. The Morgan fingerprint density at radius 2 is 2.12 bits per heavy atom. The van der Waals surface area contributed by atoms with Gasteiger partial charge in [-0.1, -0.05) is 18.2 Å². The van der Waals surface area contributed by atoms with Crippen molar-refractivity contribution in [2.24, 2.45) is 0 Å². The van der Waals surface area contributed by atoms with Crippen molar-refractivity contribution in [1.82, 2.24) is 4.98 Å². The molecule has 0 atom stereocenters. The number of halogens is 1. The molecule has 0 bridgehead atoms. The quantitative estimate of drug-likeness (QED) is 0.839. The molecule has 0 unspecified atom stereocenters. The lowest BCUT2D eigenvalue weighted by molar-refractivity contribution is 0.281. The second-order valence-corrected chi connectivity index (χ2v) is 3.68. The number of hydrogen-bond donors (Lipinski definition) is 1. The Hall–Kier alpha value is -1.74. The number of aliphatic hydroxyl groups excluding tert-OH is 1. The van der Waals surface area contributed by atoms with E-state index in [-0.39, 0.29) is 12.4 Å². The van der Waals surface area contributed by atoms with Gasteiger partial charge in [-0.25, -0.2) is 4.39 Å². The monoisotopic (exact) mass is 217 g/mol. The number of aliphatic hydroxyl groups is 1. The van der Waals surface area contributed by atoms with Crippen molar-refractivity contribution in [3.8, 4) is 11.1 Å². The topological polar surface area (TPSA) is 33.1 Å². The van der Waals surface area contributed by atoms with Gasteiger partial charge < -0.3 is 5.11 Å². The van der Waals surface area contributed by atoms with Crippen LogP contribution in [0.1, 0.15) is 11.1 Å². The molecule has 16 heavy (non-hydrogen) atoms. The summed E-state index contributed by atoms with van der Waals surface area (Å²) < 4.78 is 13.8. The summed E-state index contributed by atoms with van der Waals surface area (Å²) >= 11 is 0. The molecule has 0 aliphatic carbocycles. The van der Waals surface area contributed by atoms with Gasteiger partial charge in [0, 0.05) is 23.5 Å². The number of rotatable bonds is 2. The maximum absolute atomic E-state index is 13.8. The number of nitrogens with zero attached hydrogens (tertiary/aromatic N) is 1. The first-order valence-corrected chi connectivity index (χ1v) is 5.02. The summed E-state index contributed by atoms with van der Waals surface area (Å²) in [6, 6.07) is 6.98. The van der Waals surface area contributed by atoms with E-state index in [4.69, 9.17) is 5.11 Å². The van der Waals surface area contributed by atoms with E-state index < -0.39 is 0 Å². The maximum Gasteiger partial charge on any atom is 0.133 e. The summed E-state index contributed by atoms with van der Waals surface area (Å²) in [6.07, 6.45) is 3.16. The van der Waals surface area contributed by atoms with Crippen molar-refractivity contribution in [3.05, 3.63) is 53.6 Å². The zero-order chi connectivity index (χ0) is 11.5. The van der Waals surface area contributed by atoms with Gasteiger partial charge in [-0.15, -0.1) is 0 Å². The highest BCUT2D eigenvalue weighted by molar-refractivity contribution is 5.64. The second-order valence-electron chi connectivity index (χ2n) is 3.68. The van der Waals surface area contributed by atoms with Crippen molar-refractivity contribution >= 4 is 0 Å². The van der Waals surface area contributed by atoms with E-state index >= 15 is 0 Å². The molecular formula is C13H12FNO. The molecule has 1 aromatic carbocycles. The van der Waals surface area contributed by atoms with E-state index in [9.17, 15) is 4.39 Å². The fraction of sp³-hybridized carbons (Fsp3) is 0.154. The number of hydrogen-bond acceptors (Lipinski definition) is 2.